The van der Waals surface area contributed by atoms with E-state index in [9.17, 15) is 14.0 Å². The second kappa shape index (κ2) is 7.58. The summed E-state index contributed by atoms with van der Waals surface area (Å²) in [7, 11) is 0. The van der Waals surface area contributed by atoms with E-state index in [-0.39, 0.29) is 12.1 Å². The fourth-order valence-corrected chi connectivity index (χ4v) is 2.63. The van der Waals surface area contributed by atoms with Crippen molar-refractivity contribution in [3.05, 3.63) is 60.0 Å². The summed E-state index contributed by atoms with van der Waals surface area (Å²) in [5, 5.41) is 13.7. The first-order valence-corrected chi connectivity index (χ1v) is 8.02. The van der Waals surface area contributed by atoms with Gasteiger partial charge in [0, 0.05) is 11.8 Å². The molecule has 2 N–H and O–H groups in total. The van der Waals surface area contributed by atoms with Crippen LogP contribution in [0.4, 0.5) is 9.52 Å². The lowest BCUT2D eigenvalue weighted by Crippen LogP contribution is -2.32. The number of rotatable bonds is 5. The summed E-state index contributed by atoms with van der Waals surface area (Å²) in [6.45, 7) is -0.241. The molecule has 0 saturated heterocycles. The van der Waals surface area contributed by atoms with Crippen LogP contribution in [0, 0.1) is 5.82 Å². The topological polar surface area (TPSA) is 96.9 Å². The van der Waals surface area contributed by atoms with E-state index in [0.717, 1.165) is 0 Å². The van der Waals surface area contributed by atoms with Crippen molar-refractivity contribution in [1.29, 1.82) is 0 Å². The van der Waals surface area contributed by atoms with E-state index >= 15 is 0 Å². The van der Waals surface area contributed by atoms with E-state index in [4.69, 9.17) is 0 Å². The molecule has 2 amide bonds. The summed E-state index contributed by atoms with van der Waals surface area (Å²) < 4.78 is 12.8. The van der Waals surface area contributed by atoms with Gasteiger partial charge in [0.05, 0.1) is 6.54 Å². The van der Waals surface area contributed by atoms with Crippen molar-refractivity contribution in [1.82, 2.24) is 20.5 Å². The number of hydrogen-bond acceptors (Lipinski definition) is 6. The number of halogens is 1. The second-order valence-electron chi connectivity index (χ2n) is 4.87. The van der Waals surface area contributed by atoms with Gasteiger partial charge in [-0.1, -0.05) is 17.4 Å². The third-order valence-corrected chi connectivity index (χ3v) is 3.93. The molecule has 0 bridgehead atoms. The number of carbonyl (C=O) groups excluding carboxylic acids is 2. The van der Waals surface area contributed by atoms with E-state index in [2.05, 4.69) is 25.8 Å². The van der Waals surface area contributed by atoms with Crippen LogP contribution in [-0.4, -0.2) is 33.5 Å². The van der Waals surface area contributed by atoms with Gasteiger partial charge in [-0.25, -0.2) is 4.39 Å². The Kier molecular flexibility index (Phi) is 5.05. The third kappa shape index (κ3) is 4.42. The van der Waals surface area contributed by atoms with Crippen molar-refractivity contribution in [2.24, 2.45) is 0 Å². The summed E-state index contributed by atoms with van der Waals surface area (Å²) in [5.74, 6) is -1.35. The Balaban J connectivity index is 1.54. The second-order valence-corrected chi connectivity index (χ2v) is 5.84. The molecule has 7 nitrogen and oxygen atoms in total. The Bertz CT molecular complexity index is 883. The van der Waals surface area contributed by atoms with Gasteiger partial charge in [0.15, 0.2) is 5.01 Å². The van der Waals surface area contributed by atoms with Crippen molar-refractivity contribution >= 4 is 28.3 Å². The van der Waals surface area contributed by atoms with Crippen LogP contribution in [-0.2, 0) is 4.79 Å². The molecule has 0 saturated carbocycles. The fraction of sp³-hybridized carbons (Fsp3) is 0.0625. The van der Waals surface area contributed by atoms with Crippen LogP contribution in [0.5, 0.6) is 0 Å². The average Bonchev–Trinajstić information content (AvgIpc) is 3.09. The maximum atomic E-state index is 12.8. The third-order valence-electron chi connectivity index (χ3n) is 3.07. The summed E-state index contributed by atoms with van der Waals surface area (Å²) >= 11 is 1.18. The highest BCUT2D eigenvalue weighted by molar-refractivity contribution is 7.18. The molecular formula is C16H12FN5O2S. The smallest absolute Gasteiger partial charge is 0.251 e. The van der Waals surface area contributed by atoms with Crippen molar-refractivity contribution in [2.75, 3.05) is 11.9 Å². The first-order chi connectivity index (χ1) is 12.1. The number of pyridine rings is 1. The standard InChI is InChI=1S/C16H12FN5O2S/c17-11-6-4-10(5-7-11)14(24)19-9-13(23)20-16-22-21-15(25-16)12-3-1-2-8-18-12/h1-8H,9H2,(H,19,24)(H,20,22,23). The molecule has 9 heteroatoms. The largest absolute Gasteiger partial charge is 0.343 e. The van der Waals surface area contributed by atoms with Crippen LogP contribution < -0.4 is 10.6 Å². The zero-order valence-corrected chi connectivity index (χ0v) is 13.6. The quantitative estimate of drug-likeness (QED) is 0.729. The average molecular weight is 357 g/mol. The Morgan fingerprint density at radius 3 is 2.60 bits per heavy atom. The number of aromatic nitrogens is 3. The predicted molar refractivity (Wildman–Crippen MR) is 90.5 cm³/mol. The number of amides is 2. The SMILES string of the molecule is O=C(CNC(=O)c1ccc(F)cc1)Nc1nnc(-c2ccccn2)s1. The molecule has 0 aliphatic heterocycles. The van der Waals surface area contributed by atoms with Gasteiger partial charge in [0.1, 0.15) is 11.5 Å². The van der Waals surface area contributed by atoms with E-state index in [1.54, 1.807) is 18.3 Å². The van der Waals surface area contributed by atoms with Crippen molar-refractivity contribution in [3.8, 4) is 10.7 Å². The molecule has 2 aromatic heterocycles. The molecule has 0 aliphatic carbocycles. The van der Waals surface area contributed by atoms with Crippen LogP contribution in [0.3, 0.4) is 0 Å². The summed E-state index contributed by atoms with van der Waals surface area (Å²) in [6, 6.07) is 10.4. The zero-order valence-electron chi connectivity index (χ0n) is 12.8. The summed E-state index contributed by atoms with van der Waals surface area (Å²) in [4.78, 5) is 27.9. The molecule has 2 heterocycles. The number of benzene rings is 1. The monoisotopic (exact) mass is 357 g/mol. The van der Waals surface area contributed by atoms with Crippen LogP contribution in [0.2, 0.25) is 0 Å². The number of nitrogens with one attached hydrogen (secondary N) is 2. The molecule has 0 radical (unpaired) electrons. The van der Waals surface area contributed by atoms with Gasteiger partial charge < -0.3 is 5.32 Å². The highest BCUT2D eigenvalue weighted by Crippen LogP contribution is 2.24. The lowest BCUT2D eigenvalue weighted by atomic mass is 10.2. The Morgan fingerprint density at radius 2 is 1.88 bits per heavy atom. The van der Waals surface area contributed by atoms with Crippen molar-refractivity contribution in [3.63, 3.8) is 0 Å². The van der Waals surface area contributed by atoms with Gasteiger partial charge >= 0.3 is 0 Å². The molecule has 25 heavy (non-hydrogen) atoms. The van der Waals surface area contributed by atoms with Crippen molar-refractivity contribution in [2.45, 2.75) is 0 Å². The van der Waals surface area contributed by atoms with Gasteiger partial charge in [-0.05, 0) is 36.4 Å². The van der Waals surface area contributed by atoms with E-state index < -0.39 is 17.6 Å². The minimum Gasteiger partial charge on any atom is -0.343 e. The number of hydrogen-bond donors (Lipinski definition) is 2. The molecule has 126 valence electrons. The molecule has 0 atom stereocenters. The molecule has 0 spiro atoms. The van der Waals surface area contributed by atoms with E-state index in [0.29, 0.717) is 15.8 Å². The number of nitrogens with zero attached hydrogens (tertiary/aromatic N) is 3. The molecule has 0 aliphatic rings. The molecule has 0 unspecified atom stereocenters. The normalized spacial score (nSPS) is 10.3. The lowest BCUT2D eigenvalue weighted by Gasteiger charge is -2.04. The van der Waals surface area contributed by atoms with Gasteiger partial charge in [-0.15, -0.1) is 10.2 Å². The highest BCUT2D eigenvalue weighted by Gasteiger charge is 2.12. The molecule has 0 fully saturated rings. The maximum Gasteiger partial charge on any atom is 0.251 e. The fourth-order valence-electron chi connectivity index (χ4n) is 1.89. The Morgan fingerprint density at radius 1 is 1.08 bits per heavy atom. The van der Waals surface area contributed by atoms with Crippen LogP contribution in [0.1, 0.15) is 10.4 Å². The predicted octanol–water partition coefficient (Wildman–Crippen LogP) is 2.11. The van der Waals surface area contributed by atoms with E-state index in [1.807, 2.05) is 6.07 Å². The van der Waals surface area contributed by atoms with Gasteiger partial charge in [0.25, 0.3) is 5.91 Å². The molecular weight excluding hydrogens is 345 g/mol. The Labute approximate surface area is 145 Å². The zero-order chi connectivity index (χ0) is 17.6. The summed E-state index contributed by atoms with van der Waals surface area (Å²) in [5.41, 5.74) is 0.924. The van der Waals surface area contributed by atoms with Gasteiger partial charge in [-0.2, -0.15) is 0 Å². The van der Waals surface area contributed by atoms with Crippen LogP contribution in [0.15, 0.2) is 48.7 Å². The first kappa shape index (κ1) is 16.7. The van der Waals surface area contributed by atoms with Crippen LogP contribution in [0.25, 0.3) is 10.7 Å². The number of anilines is 1. The minimum atomic E-state index is -0.471. The van der Waals surface area contributed by atoms with Gasteiger partial charge in [-0.3, -0.25) is 19.9 Å². The van der Waals surface area contributed by atoms with E-state index in [1.165, 1.54) is 35.6 Å². The van der Waals surface area contributed by atoms with Crippen LogP contribution >= 0.6 is 11.3 Å². The first-order valence-electron chi connectivity index (χ1n) is 7.20. The maximum absolute atomic E-state index is 12.8. The molecule has 1 aromatic carbocycles. The Hall–Kier alpha value is -3.20. The number of carbonyl (C=O) groups is 2. The minimum absolute atomic E-state index is 0.241. The van der Waals surface area contributed by atoms with Gasteiger partial charge in [0.2, 0.25) is 11.0 Å². The van der Waals surface area contributed by atoms with Crippen molar-refractivity contribution < 1.29 is 14.0 Å². The summed E-state index contributed by atoms with van der Waals surface area (Å²) in [6.07, 6.45) is 1.64. The molecule has 3 rings (SSSR count). The molecule has 3 aromatic rings. The lowest BCUT2D eigenvalue weighted by molar-refractivity contribution is -0.115. The highest BCUT2D eigenvalue weighted by atomic mass is 32.1.